The molecule has 0 aliphatic carbocycles. The van der Waals surface area contributed by atoms with Gasteiger partial charge >= 0.3 is 0 Å². The summed E-state index contributed by atoms with van der Waals surface area (Å²) < 4.78 is 16.4. The summed E-state index contributed by atoms with van der Waals surface area (Å²) in [5, 5.41) is 0. The van der Waals surface area contributed by atoms with Gasteiger partial charge in [-0.25, -0.2) is 0 Å². The van der Waals surface area contributed by atoms with Crippen LogP contribution in [0, 0.1) is 5.92 Å². The Morgan fingerprint density at radius 2 is 2.00 bits per heavy atom. The van der Waals surface area contributed by atoms with Crippen LogP contribution in [-0.4, -0.2) is 39.1 Å². The predicted octanol–water partition coefficient (Wildman–Crippen LogP) is 1.22. The normalized spacial score (nSPS) is 35.1. The van der Waals surface area contributed by atoms with Gasteiger partial charge in [0.1, 0.15) is 0 Å². The van der Waals surface area contributed by atoms with Gasteiger partial charge < -0.3 is 14.2 Å². The lowest BCUT2D eigenvalue weighted by Crippen LogP contribution is -2.27. The largest absolute Gasteiger partial charge is 0.381 e. The standard InChI is InChI=1S/C10H18O3/c1-2-10(8-11-4-1)13-7-9-3-5-12-6-9/h9-10H,1-8H2. The maximum atomic E-state index is 5.76. The SMILES string of the molecule is C1COCC(OCC2CCOC2)C1. The Morgan fingerprint density at radius 3 is 2.69 bits per heavy atom. The zero-order valence-electron chi connectivity index (χ0n) is 8.04. The van der Waals surface area contributed by atoms with Crippen LogP contribution in [-0.2, 0) is 14.2 Å². The molecule has 2 aliphatic heterocycles. The van der Waals surface area contributed by atoms with Gasteiger partial charge in [-0.15, -0.1) is 0 Å². The van der Waals surface area contributed by atoms with E-state index in [1.54, 1.807) is 0 Å². The predicted molar refractivity (Wildman–Crippen MR) is 48.7 cm³/mol. The van der Waals surface area contributed by atoms with E-state index in [0.717, 1.165) is 52.3 Å². The highest BCUT2D eigenvalue weighted by molar-refractivity contribution is 4.66. The third kappa shape index (κ3) is 2.93. The Labute approximate surface area is 79.4 Å². The van der Waals surface area contributed by atoms with Crippen molar-refractivity contribution < 1.29 is 14.2 Å². The van der Waals surface area contributed by atoms with Crippen molar-refractivity contribution in [1.82, 2.24) is 0 Å². The van der Waals surface area contributed by atoms with Crippen molar-refractivity contribution in [2.24, 2.45) is 5.92 Å². The summed E-state index contributed by atoms with van der Waals surface area (Å²) in [6.07, 6.45) is 3.81. The van der Waals surface area contributed by atoms with Gasteiger partial charge in [0.05, 0.1) is 25.9 Å². The highest BCUT2D eigenvalue weighted by Gasteiger charge is 2.19. The molecule has 2 saturated heterocycles. The molecule has 2 unspecified atom stereocenters. The molecule has 3 nitrogen and oxygen atoms in total. The summed E-state index contributed by atoms with van der Waals surface area (Å²) >= 11 is 0. The van der Waals surface area contributed by atoms with E-state index in [9.17, 15) is 0 Å². The van der Waals surface area contributed by atoms with Crippen molar-refractivity contribution >= 4 is 0 Å². The zero-order chi connectivity index (χ0) is 8.93. The molecule has 2 atom stereocenters. The smallest absolute Gasteiger partial charge is 0.0809 e. The fourth-order valence-corrected chi connectivity index (χ4v) is 1.83. The van der Waals surface area contributed by atoms with Gasteiger partial charge in [-0.05, 0) is 19.3 Å². The topological polar surface area (TPSA) is 27.7 Å². The van der Waals surface area contributed by atoms with Crippen LogP contribution < -0.4 is 0 Å². The lowest BCUT2D eigenvalue weighted by Gasteiger charge is -2.23. The van der Waals surface area contributed by atoms with Crippen LogP contribution in [0.25, 0.3) is 0 Å². The summed E-state index contributed by atoms with van der Waals surface area (Å²) in [5.74, 6) is 0.627. The van der Waals surface area contributed by atoms with E-state index in [1.807, 2.05) is 0 Å². The monoisotopic (exact) mass is 186 g/mol. The molecular weight excluding hydrogens is 168 g/mol. The number of hydrogen-bond donors (Lipinski definition) is 0. The van der Waals surface area contributed by atoms with Crippen LogP contribution in [0.5, 0.6) is 0 Å². The second kappa shape index (κ2) is 4.94. The van der Waals surface area contributed by atoms with Crippen LogP contribution in [0.1, 0.15) is 19.3 Å². The number of hydrogen-bond acceptors (Lipinski definition) is 3. The maximum Gasteiger partial charge on any atom is 0.0809 e. The first-order valence-electron chi connectivity index (χ1n) is 5.22. The van der Waals surface area contributed by atoms with Gasteiger partial charge in [-0.3, -0.25) is 0 Å². The van der Waals surface area contributed by atoms with E-state index in [-0.39, 0.29) is 0 Å². The van der Waals surface area contributed by atoms with Crippen molar-refractivity contribution in [3.8, 4) is 0 Å². The Morgan fingerprint density at radius 1 is 1.08 bits per heavy atom. The van der Waals surface area contributed by atoms with Crippen molar-refractivity contribution in [3.63, 3.8) is 0 Å². The van der Waals surface area contributed by atoms with E-state index in [0.29, 0.717) is 12.0 Å². The molecule has 2 rings (SSSR count). The van der Waals surface area contributed by atoms with Crippen molar-refractivity contribution in [2.75, 3.05) is 33.0 Å². The Kier molecular flexibility index (Phi) is 3.58. The van der Waals surface area contributed by atoms with Gasteiger partial charge in [0.2, 0.25) is 0 Å². The second-order valence-corrected chi connectivity index (χ2v) is 3.90. The third-order valence-electron chi connectivity index (χ3n) is 2.71. The van der Waals surface area contributed by atoms with Crippen LogP contribution >= 0.6 is 0 Å². The molecule has 3 heteroatoms. The molecule has 0 spiro atoms. The average molecular weight is 186 g/mol. The minimum atomic E-state index is 0.342. The molecule has 2 aliphatic rings. The Bertz CT molecular complexity index is 137. The quantitative estimate of drug-likeness (QED) is 0.663. The van der Waals surface area contributed by atoms with E-state index in [1.165, 1.54) is 0 Å². The first-order valence-corrected chi connectivity index (χ1v) is 5.22. The average Bonchev–Trinajstić information content (AvgIpc) is 2.69. The number of rotatable bonds is 3. The molecule has 0 saturated carbocycles. The Hall–Kier alpha value is -0.120. The maximum absolute atomic E-state index is 5.76. The summed E-state index contributed by atoms with van der Waals surface area (Å²) in [7, 11) is 0. The van der Waals surface area contributed by atoms with Crippen LogP contribution in [0.4, 0.5) is 0 Å². The molecule has 0 aromatic heterocycles. The molecule has 0 radical (unpaired) electrons. The lowest BCUT2D eigenvalue weighted by atomic mass is 10.1. The molecule has 0 aromatic carbocycles. The lowest BCUT2D eigenvalue weighted by molar-refractivity contribution is -0.0600. The fourth-order valence-electron chi connectivity index (χ4n) is 1.83. The molecule has 76 valence electrons. The summed E-state index contributed by atoms with van der Waals surface area (Å²) in [4.78, 5) is 0. The third-order valence-corrected chi connectivity index (χ3v) is 2.71. The molecule has 2 fully saturated rings. The molecule has 13 heavy (non-hydrogen) atoms. The van der Waals surface area contributed by atoms with Gasteiger partial charge in [-0.2, -0.15) is 0 Å². The van der Waals surface area contributed by atoms with Gasteiger partial charge in [-0.1, -0.05) is 0 Å². The second-order valence-electron chi connectivity index (χ2n) is 3.90. The molecule has 0 N–H and O–H groups in total. The molecule has 0 bridgehead atoms. The molecule has 0 aromatic rings. The van der Waals surface area contributed by atoms with Gasteiger partial charge in [0, 0.05) is 19.1 Å². The highest BCUT2D eigenvalue weighted by Crippen LogP contribution is 2.16. The van der Waals surface area contributed by atoms with E-state index < -0.39 is 0 Å². The first kappa shape index (κ1) is 9.44. The van der Waals surface area contributed by atoms with E-state index >= 15 is 0 Å². The van der Waals surface area contributed by atoms with Crippen molar-refractivity contribution in [2.45, 2.75) is 25.4 Å². The van der Waals surface area contributed by atoms with Crippen molar-refractivity contribution in [1.29, 1.82) is 0 Å². The Balaban J connectivity index is 1.60. The van der Waals surface area contributed by atoms with Gasteiger partial charge in [0.15, 0.2) is 0 Å². The first-order chi connectivity index (χ1) is 6.45. The van der Waals surface area contributed by atoms with E-state index in [2.05, 4.69) is 0 Å². The highest BCUT2D eigenvalue weighted by atomic mass is 16.5. The minimum absolute atomic E-state index is 0.342. The minimum Gasteiger partial charge on any atom is -0.381 e. The van der Waals surface area contributed by atoms with Crippen LogP contribution in [0.2, 0.25) is 0 Å². The summed E-state index contributed by atoms with van der Waals surface area (Å²) in [5.41, 5.74) is 0. The summed E-state index contributed by atoms with van der Waals surface area (Å²) in [6.45, 7) is 4.34. The summed E-state index contributed by atoms with van der Waals surface area (Å²) in [6, 6.07) is 0. The van der Waals surface area contributed by atoms with Crippen LogP contribution in [0.15, 0.2) is 0 Å². The van der Waals surface area contributed by atoms with Crippen LogP contribution in [0.3, 0.4) is 0 Å². The molecule has 2 heterocycles. The van der Waals surface area contributed by atoms with Gasteiger partial charge in [0.25, 0.3) is 0 Å². The zero-order valence-corrected chi connectivity index (χ0v) is 8.04. The molecule has 0 amide bonds. The van der Waals surface area contributed by atoms with E-state index in [4.69, 9.17) is 14.2 Å². The fraction of sp³-hybridized carbons (Fsp3) is 1.00. The van der Waals surface area contributed by atoms with Crippen molar-refractivity contribution in [3.05, 3.63) is 0 Å². The molecular formula is C10H18O3. The number of ether oxygens (including phenoxy) is 3.